The van der Waals surface area contributed by atoms with Gasteiger partial charge in [0.05, 0.1) is 0 Å². The van der Waals surface area contributed by atoms with E-state index in [4.69, 9.17) is 10.1 Å². The van der Waals surface area contributed by atoms with Crippen molar-refractivity contribution < 1.29 is 3.45 Å². The third kappa shape index (κ3) is 1.82. The molecular weight excluding hydrogens is 287 g/mol. The van der Waals surface area contributed by atoms with Gasteiger partial charge in [-0.05, 0) is 0 Å². The Balaban J connectivity index is 2.39. The molecule has 16 heavy (non-hydrogen) atoms. The summed E-state index contributed by atoms with van der Waals surface area (Å²) in [6, 6.07) is 8.68. The predicted octanol–water partition coefficient (Wildman–Crippen LogP) is 3.63. The number of hydrogen-bond acceptors (Lipinski definition) is 0. The number of benzene rings is 1. The summed E-state index contributed by atoms with van der Waals surface area (Å²) in [6.07, 6.45) is 2.85. The van der Waals surface area contributed by atoms with Crippen molar-refractivity contribution in [3.63, 3.8) is 0 Å². The molecule has 0 radical (unpaired) electrons. The number of hydrogen-bond donors (Lipinski definition) is 0. The molecule has 90 valence electrons. The molecule has 0 aromatic heterocycles. The first-order chi connectivity index (χ1) is 7.61. The van der Waals surface area contributed by atoms with Crippen molar-refractivity contribution in [2.24, 2.45) is 0 Å². The van der Waals surface area contributed by atoms with Gasteiger partial charge in [-0.1, -0.05) is 0 Å². The Morgan fingerprint density at radius 2 is 2.06 bits per heavy atom. The summed E-state index contributed by atoms with van der Waals surface area (Å²) >= 11 is -2.17. The van der Waals surface area contributed by atoms with Crippen molar-refractivity contribution >= 4 is 26.8 Å². The van der Waals surface area contributed by atoms with Crippen molar-refractivity contribution in [2.45, 2.75) is 38.1 Å². The molecule has 3 heteroatoms. The van der Waals surface area contributed by atoms with E-state index < -0.39 is 12.3 Å². The molecule has 1 heterocycles. The summed E-state index contributed by atoms with van der Waals surface area (Å²) in [5.74, 6) is 0. The third-order valence-corrected chi connectivity index (χ3v) is 12.3. The van der Waals surface area contributed by atoms with Gasteiger partial charge < -0.3 is 0 Å². The topological polar surface area (TPSA) is 2.70 Å². The van der Waals surface area contributed by atoms with E-state index >= 15 is 0 Å². The summed E-state index contributed by atoms with van der Waals surface area (Å²) in [5, 5.41) is 1.15. The van der Waals surface area contributed by atoms with Crippen LogP contribution >= 0.6 is 10.1 Å². The Labute approximate surface area is 105 Å². The number of fused-ring (bicyclic) bond motifs is 1. The van der Waals surface area contributed by atoms with E-state index in [-0.39, 0.29) is 0 Å². The molecule has 0 fully saturated rings. The van der Waals surface area contributed by atoms with Gasteiger partial charge >= 0.3 is 105 Å². The van der Waals surface area contributed by atoms with E-state index in [2.05, 4.69) is 48.7 Å². The second-order valence-corrected chi connectivity index (χ2v) is 12.3. The maximum atomic E-state index is 6.97. The minimum absolute atomic E-state index is 0.408. The van der Waals surface area contributed by atoms with Crippen LogP contribution in [0, 0.1) is 0 Å². The molecule has 1 unspecified atom stereocenters. The van der Waals surface area contributed by atoms with E-state index in [1.165, 1.54) is 22.9 Å². The fourth-order valence-corrected chi connectivity index (χ4v) is 10.1. The van der Waals surface area contributed by atoms with Crippen molar-refractivity contribution in [3.8, 4) is 0 Å². The van der Waals surface area contributed by atoms with Crippen LogP contribution in [0.2, 0.25) is 5.32 Å². The SMILES string of the molecule is CCCC[Se]1(Cl)c2ccccc2[C@H](C)[O+]1C. The summed E-state index contributed by atoms with van der Waals surface area (Å²) in [4.78, 5) is 0. The van der Waals surface area contributed by atoms with Crippen LogP contribution in [0.25, 0.3) is 0 Å². The van der Waals surface area contributed by atoms with Crippen LogP contribution in [-0.4, -0.2) is 19.4 Å². The normalized spacial score (nSPS) is 33.4. The van der Waals surface area contributed by atoms with E-state index in [0.717, 1.165) is 5.32 Å². The number of unbranched alkanes of at least 4 members (excludes halogenated alkanes) is 1. The quantitative estimate of drug-likeness (QED) is 0.592. The fraction of sp³-hybridized carbons (Fsp3) is 0.538. The average molecular weight is 307 g/mol. The van der Waals surface area contributed by atoms with Crippen LogP contribution in [0.15, 0.2) is 24.3 Å². The van der Waals surface area contributed by atoms with Crippen LogP contribution in [0.5, 0.6) is 0 Å². The molecule has 0 saturated heterocycles. The Bertz CT molecular complexity index is 382. The zero-order valence-electron chi connectivity index (χ0n) is 10.2. The molecule has 0 bridgehead atoms. The molecule has 1 aromatic carbocycles. The first-order valence-electron chi connectivity index (χ1n) is 5.86. The molecule has 0 saturated carbocycles. The molecule has 1 aliphatic rings. The summed E-state index contributed by atoms with van der Waals surface area (Å²) in [5.41, 5.74) is 1.42. The molecule has 1 aromatic rings. The molecule has 1 nitrogen and oxygen atoms in total. The van der Waals surface area contributed by atoms with E-state index in [9.17, 15) is 0 Å². The van der Waals surface area contributed by atoms with E-state index in [1.54, 1.807) is 0 Å². The molecule has 0 aliphatic carbocycles. The zero-order chi connectivity index (χ0) is 11.8. The first kappa shape index (κ1) is 12.4. The summed E-state index contributed by atoms with van der Waals surface area (Å²) < 4.78 is 4.76. The van der Waals surface area contributed by atoms with Crippen molar-refractivity contribution in [3.05, 3.63) is 29.8 Å². The minimum atomic E-state index is -2.17. The van der Waals surface area contributed by atoms with Gasteiger partial charge in [-0.2, -0.15) is 0 Å². The van der Waals surface area contributed by atoms with Gasteiger partial charge in [-0.3, -0.25) is 0 Å². The third-order valence-electron chi connectivity index (χ3n) is 3.36. The molecule has 0 spiro atoms. The molecule has 2 atom stereocenters. The second kappa shape index (κ2) is 4.70. The van der Waals surface area contributed by atoms with Gasteiger partial charge in [0, 0.05) is 0 Å². The van der Waals surface area contributed by atoms with E-state index in [0.29, 0.717) is 6.10 Å². The summed E-state index contributed by atoms with van der Waals surface area (Å²) in [7, 11) is 9.09. The van der Waals surface area contributed by atoms with Crippen molar-refractivity contribution in [1.29, 1.82) is 0 Å². The van der Waals surface area contributed by atoms with Gasteiger partial charge in [0.25, 0.3) is 0 Å². The molecule has 0 amide bonds. The number of rotatable bonds is 3. The Hall–Kier alpha value is -0.0105. The van der Waals surface area contributed by atoms with Gasteiger partial charge in [0.1, 0.15) is 0 Å². The van der Waals surface area contributed by atoms with Crippen molar-refractivity contribution in [1.82, 2.24) is 0 Å². The van der Waals surface area contributed by atoms with Crippen LogP contribution < -0.4 is 4.46 Å². The van der Waals surface area contributed by atoms with Crippen LogP contribution in [-0.2, 0) is 3.45 Å². The fourth-order valence-electron chi connectivity index (χ4n) is 2.21. The molecule has 0 N–H and O–H groups in total. The van der Waals surface area contributed by atoms with Crippen LogP contribution in [0.1, 0.15) is 38.4 Å². The van der Waals surface area contributed by atoms with Gasteiger partial charge in [-0.15, -0.1) is 0 Å². The molecule has 2 rings (SSSR count). The monoisotopic (exact) mass is 307 g/mol. The molecular formula is C13H20ClOSe+. The van der Waals surface area contributed by atoms with E-state index in [1.807, 2.05) is 0 Å². The predicted molar refractivity (Wildman–Crippen MR) is 72.8 cm³/mol. The first-order valence-corrected chi connectivity index (χ1v) is 10.9. The van der Waals surface area contributed by atoms with Gasteiger partial charge in [0.15, 0.2) is 0 Å². The average Bonchev–Trinajstić information content (AvgIpc) is 2.51. The number of halogens is 1. The standard InChI is InChI=1S/C13H20ClOSe/c1-4-5-10-16(14)13-9-7-6-8-12(13)11(2)15(16)3/h6-9,11H,4-5,10H2,1-3H3/q+1/t11-/m0/s1. The van der Waals surface area contributed by atoms with Crippen LogP contribution in [0.3, 0.4) is 0 Å². The van der Waals surface area contributed by atoms with Crippen LogP contribution in [0.4, 0.5) is 0 Å². The Morgan fingerprint density at radius 1 is 1.38 bits per heavy atom. The summed E-state index contributed by atoms with van der Waals surface area (Å²) in [6.45, 7) is 4.46. The second-order valence-electron chi connectivity index (χ2n) is 4.33. The molecule has 1 aliphatic heterocycles. The van der Waals surface area contributed by atoms with Crippen molar-refractivity contribution in [2.75, 3.05) is 7.11 Å². The van der Waals surface area contributed by atoms with Gasteiger partial charge in [-0.25, -0.2) is 0 Å². The Kier molecular flexibility index (Phi) is 3.65. The van der Waals surface area contributed by atoms with Gasteiger partial charge in [0.2, 0.25) is 0 Å². The Morgan fingerprint density at radius 3 is 2.75 bits per heavy atom. The maximum absolute atomic E-state index is 6.97. The zero-order valence-corrected chi connectivity index (χ0v) is 12.7.